The van der Waals surface area contributed by atoms with E-state index in [0.717, 1.165) is 31.4 Å². The van der Waals surface area contributed by atoms with Gasteiger partial charge in [-0.3, -0.25) is 0 Å². The van der Waals surface area contributed by atoms with Crippen molar-refractivity contribution in [3.63, 3.8) is 0 Å². The molecule has 0 aliphatic heterocycles. The van der Waals surface area contributed by atoms with E-state index in [1.807, 2.05) is 17.3 Å². The van der Waals surface area contributed by atoms with Crippen molar-refractivity contribution in [2.45, 2.75) is 37.6 Å². The maximum Gasteiger partial charge on any atom is 0.212 e. The average Bonchev–Trinajstić information content (AvgIpc) is 2.94. The molecule has 118 valence electrons. The molecule has 0 aromatic carbocycles. The Morgan fingerprint density at radius 1 is 1.45 bits per heavy atom. The summed E-state index contributed by atoms with van der Waals surface area (Å²) in [6, 6.07) is 0.254. The summed E-state index contributed by atoms with van der Waals surface area (Å²) < 4.78 is 0. The van der Waals surface area contributed by atoms with Gasteiger partial charge in [0.2, 0.25) is 17.3 Å². The zero-order valence-corrected chi connectivity index (χ0v) is 13.3. The molecule has 0 saturated heterocycles. The zero-order chi connectivity index (χ0) is 16.1. The molecule has 0 amide bonds. The summed E-state index contributed by atoms with van der Waals surface area (Å²) in [4.78, 5) is 13.9. The third-order valence-corrected chi connectivity index (χ3v) is 4.63. The van der Waals surface area contributed by atoms with Crippen LogP contribution in [-0.2, 0) is 0 Å². The first-order valence-electron chi connectivity index (χ1n) is 7.01. The van der Waals surface area contributed by atoms with Crippen LogP contribution in [0.1, 0.15) is 37.3 Å². The van der Waals surface area contributed by atoms with Gasteiger partial charge < -0.3 is 22.1 Å². The fourth-order valence-corrected chi connectivity index (χ4v) is 3.51. The van der Waals surface area contributed by atoms with Crippen molar-refractivity contribution in [2.75, 3.05) is 7.05 Å². The van der Waals surface area contributed by atoms with E-state index in [4.69, 9.17) is 22.5 Å². The second-order valence-corrected chi connectivity index (χ2v) is 6.13. The highest BCUT2D eigenvalue weighted by atomic mass is 32.1. The Morgan fingerprint density at radius 2 is 2.23 bits per heavy atom. The fourth-order valence-electron chi connectivity index (χ4n) is 2.73. The normalized spacial score (nSPS) is 21.9. The first-order valence-corrected chi connectivity index (χ1v) is 7.89. The van der Waals surface area contributed by atoms with E-state index in [0.29, 0.717) is 11.0 Å². The van der Waals surface area contributed by atoms with Crippen molar-refractivity contribution >= 4 is 28.4 Å². The van der Waals surface area contributed by atoms with Gasteiger partial charge in [-0.1, -0.05) is 6.42 Å². The molecule has 9 heteroatoms. The van der Waals surface area contributed by atoms with Crippen molar-refractivity contribution < 1.29 is 0 Å². The molecular formula is C13H20N8S. The Hall–Kier alpha value is -2.34. The molecule has 0 bridgehead atoms. The number of rotatable bonds is 3. The van der Waals surface area contributed by atoms with Crippen LogP contribution in [0, 0.1) is 11.5 Å². The third kappa shape index (κ3) is 3.85. The van der Waals surface area contributed by atoms with Crippen molar-refractivity contribution in [1.82, 2.24) is 9.88 Å². The number of guanidine groups is 2. The van der Waals surface area contributed by atoms with Gasteiger partial charge in [-0.15, -0.1) is 16.3 Å². The highest BCUT2D eigenvalue weighted by Crippen LogP contribution is 2.36. The Kier molecular flexibility index (Phi) is 5.16. The lowest BCUT2D eigenvalue weighted by Crippen LogP contribution is -2.43. The lowest BCUT2D eigenvalue weighted by atomic mass is 9.83. The van der Waals surface area contributed by atoms with E-state index < -0.39 is 0 Å². The Labute approximate surface area is 133 Å². The zero-order valence-electron chi connectivity index (χ0n) is 12.4. The van der Waals surface area contributed by atoms with E-state index in [2.05, 4.69) is 15.0 Å². The van der Waals surface area contributed by atoms with E-state index in [9.17, 15) is 0 Å². The van der Waals surface area contributed by atoms with E-state index in [-0.39, 0.29) is 18.0 Å². The molecule has 1 aromatic heterocycles. The first-order chi connectivity index (χ1) is 10.5. The largest absolute Gasteiger partial charge is 0.370 e. The summed E-state index contributed by atoms with van der Waals surface area (Å²) in [6.45, 7) is 0. The molecule has 1 fully saturated rings. The van der Waals surface area contributed by atoms with Crippen LogP contribution in [0.25, 0.3) is 0 Å². The molecule has 2 unspecified atom stereocenters. The predicted octanol–water partition coefficient (Wildman–Crippen LogP) is 0.802. The molecular weight excluding hydrogens is 300 g/mol. The smallest absolute Gasteiger partial charge is 0.212 e. The molecule has 8 nitrogen and oxygen atoms in total. The van der Waals surface area contributed by atoms with Gasteiger partial charge in [0.1, 0.15) is 0 Å². The topological polar surface area (TPSA) is 143 Å². The van der Waals surface area contributed by atoms with Gasteiger partial charge in [0.05, 0.1) is 5.69 Å². The molecule has 1 aliphatic carbocycles. The summed E-state index contributed by atoms with van der Waals surface area (Å²) >= 11 is 1.43. The molecule has 1 aromatic rings. The summed E-state index contributed by atoms with van der Waals surface area (Å²) in [5.74, 6) is 0.616. The maximum atomic E-state index is 8.60. The number of hydrogen-bond donors (Lipinski definition) is 3. The van der Waals surface area contributed by atoms with E-state index in [1.165, 1.54) is 11.3 Å². The Bertz CT molecular complexity index is 610. The average molecular weight is 320 g/mol. The van der Waals surface area contributed by atoms with Gasteiger partial charge in [0, 0.05) is 24.4 Å². The van der Waals surface area contributed by atoms with Gasteiger partial charge in [0.25, 0.3) is 0 Å². The highest BCUT2D eigenvalue weighted by Gasteiger charge is 2.28. The monoisotopic (exact) mass is 320 g/mol. The van der Waals surface area contributed by atoms with Gasteiger partial charge in [0.15, 0.2) is 5.96 Å². The lowest BCUT2D eigenvalue weighted by Gasteiger charge is -2.35. The third-order valence-electron chi connectivity index (χ3n) is 3.87. The number of nitriles is 1. The van der Waals surface area contributed by atoms with E-state index >= 15 is 0 Å². The summed E-state index contributed by atoms with van der Waals surface area (Å²) in [6.07, 6.45) is 5.82. The molecule has 0 radical (unpaired) electrons. The Morgan fingerprint density at radius 3 is 2.91 bits per heavy atom. The fraction of sp³-hybridized carbons (Fsp3) is 0.538. The van der Waals surface area contributed by atoms with Gasteiger partial charge in [-0.05, 0) is 19.3 Å². The number of hydrogen-bond acceptors (Lipinski definition) is 5. The minimum Gasteiger partial charge on any atom is -0.370 e. The molecule has 0 spiro atoms. The minimum atomic E-state index is 0.0163. The molecule has 1 heterocycles. The van der Waals surface area contributed by atoms with Crippen LogP contribution < -0.4 is 17.2 Å². The molecule has 1 saturated carbocycles. The van der Waals surface area contributed by atoms with Gasteiger partial charge in [-0.2, -0.15) is 10.3 Å². The van der Waals surface area contributed by atoms with Crippen LogP contribution in [0.5, 0.6) is 0 Å². The van der Waals surface area contributed by atoms with Crippen molar-refractivity contribution in [3.8, 4) is 6.19 Å². The van der Waals surface area contributed by atoms with Crippen molar-refractivity contribution in [2.24, 2.45) is 27.2 Å². The molecule has 1 aliphatic rings. The summed E-state index contributed by atoms with van der Waals surface area (Å²) in [5, 5.41) is 11.2. The number of nitrogens with zero attached hydrogens (tertiary/aromatic N) is 5. The number of nitrogens with two attached hydrogens (primary N) is 3. The molecule has 2 rings (SSSR count). The van der Waals surface area contributed by atoms with Crippen LogP contribution in [0.3, 0.4) is 0 Å². The summed E-state index contributed by atoms with van der Waals surface area (Å²) in [7, 11) is 1.87. The van der Waals surface area contributed by atoms with E-state index in [1.54, 1.807) is 6.19 Å². The second-order valence-electron chi connectivity index (χ2n) is 5.29. The lowest BCUT2D eigenvalue weighted by molar-refractivity contribution is 0.253. The van der Waals surface area contributed by atoms with Crippen LogP contribution in [0.2, 0.25) is 0 Å². The minimum absolute atomic E-state index is 0.0163. The number of aliphatic imine (C=N–C) groups is 2. The first kappa shape index (κ1) is 16.0. The van der Waals surface area contributed by atoms with Crippen molar-refractivity contribution in [1.29, 1.82) is 5.26 Å². The van der Waals surface area contributed by atoms with Gasteiger partial charge in [-0.25, -0.2) is 4.98 Å². The van der Waals surface area contributed by atoms with Crippen LogP contribution in [0.15, 0.2) is 15.4 Å². The molecule has 6 N–H and O–H groups in total. The van der Waals surface area contributed by atoms with Gasteiger partial charge >= 0.3 is 0 Å². The SMILES string of the molecule is CN(C(N)=NC#N)C1CCCC(c2csc(N=C(N)N)n2)C1. The van der Waals surface area contributed by atoms with Crippen LogP contribution >= 0.6 is 11.3 Å². The molecule has 2 atom stereocenters. The predicted molar refractivity (Wildman–Crippen MR) is 87.6 cm³/mol. The Balaban J connectivity index is 2.07. The highest BCUT2D eigenvalue weighted by molar-refractivity contribution is 7.13. The van der Waals surface area contributed by atoms with Crippen LogP contribution in [0.4, 0.5) is 5.13 Å². The second kappa shape index (κ2) is 7.09. The standard InChI is InChI=1S/C13H20N8S/c1-21(12(17)18-7-14)9-4-2-3-8(5-9)10-6-22-13(19-10)20-11(15)16/h6,8-9H,2-5H2,1H3,(H2,17,18)(H4,15,16,19,20). The van der Waals surface area contributed by atoms with Crippen LogP contribution in [-0.4, -0.2) is 34.9 Å². The quantitative estimate of drug-likeness (QED) is 0.427. The number of thiazole rings is 1. The summed E-state index contributed by atoms with van der Waals surface area (Å²) in [5.41, 5.74) is 17.5. The van der Waals surface area contributed by atoms with Crippen molar-refractivity contribution in [3.05, 3.63) is 11.1 Å². The number of aromatic nitrogens is 1. The maximum absolute atomic E-state index is 8.60. The molecule has 22 heavy (non-hydrogen) atoms.